The van der Waals surface area contributed by atoms with E-state index in [0.29, 0.717) is 16.8 Å². The summed E-state index contributed by atoms with van der Waals surface area (Å²) >= 11 is 0. The van der Waals surface area contributed by atoms with Crippen molar-refractivity contribution < 1.29 is 41.6 Å². The second kappa shape index (κ2) is 11.3. The molecule has 2 heterocycles. The van der Waals surface area contributed by atoms with E-state index in [4.69, 9.17) is 14.5 Å². The third-order valence-electron chi connectivity index (χ3n) is 4.48. The second-order valence-electron chi connectivity index (χ2n) is 6.87. The van der Waals surface area contributed by atoms with Gasteiger partial charge in [0, 0.05) is 24.0 Å². The Labute approximate surface area is 190 Å². The number of aromatic nitrogens is 4. The van der Waals surface area contributed by atoms with Crippen molar-refractivity contribution in [3.8, 4) is 11.3 Å². The summed E-state index contributed by atoms with van der Waals surface area (Å²) in [4.78, 5) is 29.8. The summed E-state index contributed by atoms with van der Waals surface area (Å²) in [6.45, 7) is -0.692. The van der Waals surface area contributed by atoms with Gasteiger partial charge in [0.1, 0.15) is 0 Å². The molecule has 1 amide bonds. The maximum absolute atomic E-state index is 13.4. The molecule has 11 nitrogen and oxygen atoms in total. The topological polar surface area (TPSA) is 160 Å². The van der Waals surface area contributed by atoms with Crippen molar-refractivity contribution in [3.05, 3.63) is 59.2 Å². The van der Waals surface area contributed by atoms with Crippen molar-refractivity contribution >= 4 is 19.5 Å². The Balaban J connectivity index is 1.68. The number of H-pyrrole nitrogens is 1. The molecule has 3 rings (SSSR count). The van der Waals surface area contributed by atoms with E-state index in [2.05, 4.69) is 30.2 Å². The third-order valence-corrected chi connectivity index (χ3v) is 4.92. The molecule has 0 aliphatic rings. The lowest BCUT2D eigenvalue weighted by atomic mass is 10.1. The summed E-state index contributed by atoms with van der Waals surface area (Å²) in [6, 6.07) is 3.28. The maximum atomic E-state index is 13.4. The highest BCUT2D eigenvalue weighted by atomic mass is 31.2. The Hall–Kier alpha value is -3.16. The molecule has 1 aromatic carbocycles. The van der Waals surface area contributed by atoms with Gasteiger partial charge in [-0.25, -0.2) is 17.7 Å². The number of phosphoric acid groups is 1. The van der Waals surface area contributed by atoms with E-state index < -0.39 is 38.0 Å². The Bertz CT molecular complexity index is 1170. The van der Waals surface area contributed by atoms with Crippen LogP contribution in [0.2, 0.25) is 0 Å². The predicted molar refractivity (Wildman–Crippen MR) is 111 cm³/mol. The molecule has 0 aliphatic heterocycles. The number of phosphoric ester groups is 1. The SMILES string of the molecule is O=C(CCc1cc(F)c(F)c(F)c1)Nc1n[nH]c(-c2ccnnc2)c1CCOCOP(=O)(O)O. The van der Waals surface area contributed by atoms with Crippen molar-refractivity contribution in [2.75, 3.05) is 18.7 Å². The standard InChI is InChI=1S/C19H19F3N5O6P/c20-14-7-11(8-15(21)17(14)22)1-2-16(28)25-19-13(4-6-32-10-33-34(29,30)31)18(26-27-19)12-3-5-23-24-9-12/h3,5,7-9H,1-2,4,6,10H2,(H2,29,30,31)(H2,25,26,27,28). The number of amides is 1. The fourth-order valence-corrected chi connectivity index (χ4v) is 3.15. The molecule has 182 valence electrons. The van der Waals surface area contributed by atoms with E-state index in [1.807, 2.05) is 0 Å². The van der Waals surface area contributed by atoms with Gasteiger partial charge in [0.2, 0.25) is 5.91 Å². The minimum atomic E-state index is -4.68. The number of aromatic amines is 1. The van der Waals surface area contributed by atoms with E-state index in [1.54, 1.807) is 6.07 Å². The van der Waals surface area contributed by atoms with Crippen molar-refractivity contribution in [2.24, 2.45) is 0 Å². The van der Waals surface area contributed by atoms with Crippen molar-refractivity contribution in [1.82, 2.24) is 20.4 Å². The van der Waals surface area contributed by atoms with Gasteiger partial charge in [0.25, 0.3) is 0 Å². The van der Waals surface area contributed by atoms with E-state index >= 15 is 0 Å². The molecular formula is C19H19F3N5O6P. The average molecular weight is 501 g/mol. The highest BCUT2D eigenvalue weighted by Crippen LogP contribution is 2.35. The van der Waals surface area contributed by atoms with Crippen LogP contribution in [-0.4, -0.2) is 49.5 Å². The van der Waals surface area contributed by atoms with E-state index in [1.165, 1.54) is 12.4 Å². The zero-order chi connectivity index (χ0) is 24.7. The fourth-order valence-electron chi connectivity index (χ4n) is 2.93. The Kier molecular flexibility index (Phi) is 8.47. The van der Waals surface area contributed by atoms with Crippen LogP contribution in [0.4, 0.5) is 19.0 Å². The zero-order valence-corrected chi connectivity index (χ0v) is 18.3. The minimum Gasteiger partial charge on any atom is -0.354 e. The average Bonchev–Trinajstić information content (AvgIpc) is 3.17. The van der Waals surface area contributed by atoms with Gasteiger partial charge < -0.3 is 19.8 Å². The van der Waals surface area contributed by atoms with Crippen LogP contribution in [0, 0.1) is 17.5 Å². The molecule has 0 aliphatic carbocycles. The summed E-state index contributed by atoms with van der Waals surface area (Å²) in [5.41, 5.74) is 1.70. The Morgan fingerprint density at radius 1 is 1.15 bits per heavy atom. The van der Waals surface area contributed by atoms with Crippen LogP contribution in [0.15, 0.2) is 30.6 Å². The normalized spacial score (nSPS) is 11.6. The smallest absolute Gasteiger partial charge is 0.354 e. The molecule has 0 radical (unpaired) electrons. The molecular weight excluding hydrogens is 482 g/mol. The number of halogens is 3. The van der Waals surface area contributed by atoms with Gasteiger partial charge >= 0.3 is 7.82 Å². The van der Waals surface area contributed by atoms with Gasteiger partial charge in [-0.3, -0.25) is 14.4 Å². The largest absolute Gasteiger partial charge is 0.471 e. The van der Waals surface area contributed by atoms with Crippen LogP contribution in [-0.2, 0) is 31.5 Å². The summed E-state index contributed by atoms with van der Waals surface area (Å²) in [5.74, 6) is -4.65. The molecule has 15 heteroatoms. The third kappa shape index (κ3) is 7.17. The minimum absolute atomic E-state index is 0.0396. The molecule has 34 heavy (non-hydrogen) atoms. The van der Waals surface area contributed by atoms with E-state index in [0.717, 1.165) is 12.1 Å². The molecule has 0 saturated carbocycles. The van der Waals surface area contributed by atoms with Crippen LogP contribution in [0.5, 0.6) is 0 Å². The number of nitrogens with zero attached hydrogens (tertiary/aromatic N) is 3. The first-order valence-electron chi connectivity index (χ1n) is 9.69. The van der Waals surface area contributed by atoms with Gasteiger partial charge in [-0.1, -0.05) is 0 Å². The number of anilines is 1. The van der Waals surface area contributed by atoms with Gasteiger partial charge in [-0.05, 0) is 30.2 Å². The first-order valence-corrected chi connectivity index (χ1v) is 11.2. The molecule has 0 unspecified atom stereocenters. The van der Waals surface area contributed by atoms with Crippen LogP contribution in [0.1, 0.15) is 17.5 Å². The molecule has 0 saturated heterocycles. The molecule has 0 atom stereocenters. The first kappa shape index (κ1) is 25.5. The van der Waals surface area contributed by atoms with Crippen molar-refractivity contribution in [3.63, 3.8) is 0 Å². The van der Waals surface area contributed by atoms with Gasteiger partial charge in [-0.2, -0.15) is 15.3 Å². The summed E-state index contributed by atoms with van der Waals surface area (Å²) in [7, 11) is -4.68. The number of rotatable bonds is 11. The number of carbonyl (C=O) groups excluding carboxylic acids is 1. The predicted octanol–water partition coefficient (Wildman–Crippen LogP) is 2.48. The number of benzene rings is 1. The van der Waals surface area contributed by atoms with Crippen molar-refractivity contribution in [2.45, 2.75) is 19.3 Å². The highest BCUT2D eigenvalue weighted by Gasteiger charge is 2.19. The zero-order valence-electron chi connectivity index (χ0n) is 17.4. The number of ether oxygens (including phenoxy) is 1. The summed E-state index contributed by atoms with van der Waals surface area (Å²) < 4.78 is 59.8. The molecule has 0 fully saturated rings. The lowest BCUT2D eigenvalue weighted by Gasteiger charge is -2.09. The van der Waals surface area contributed by atoms with Gasteiger partial charge in [0.15, 0.2) is 30.1 Å². The van der Waals surface area contributed by atoms with Crippen LogP contribution in [0.3, 0.4) is 0 Å². The monoisotopic (exact) mass is 501 g/mol. The second-order valence-corrected chi connectivity index (χ2v) is 8.11. The number of aryl methyl sites for hydroxylation is 1. The van der Waals surface area contributed by atoms with Gasteiger partial charge in [-0.15, -0.1) is 0 Å². The highest BCUT2D eigenvalue weighted by molar-refractivity contribution is 7.46. The number of hydrogen-bond donors (Lipinski definition) is 4. The van der Waals surface area contributed by atoms with E-state index in [9.17, 15) is 22.5 Å². The fraction of sp³-hybridized carbons (Fsp3) is 0.263. The molecule has 0 spiro atoms. The first-order chi connectivity index (χ1) is 16.1. The van der Waals surface area contributed by atoms with Crippen LogP contribution in [0.25, 0.3) is 11.3 Å². The Morgan fingerprint density at radius 3 is 2.53 bits per heavy atom. The molecule has 4 N–H and O–H groups in total. The lowest BCUT2D eigenvalue weighted by molar-refractivity contribution is -0.116. The van der Waals surface area contributed by atoms with Gasteiger partial charge in [0.05, 0.1) is 24.7 Å². The van der Waals surface area contributed by atoms with Crippen molar-refractivity contribution in [1.29, 1.82) is 0 Å². The lowest BCUT2D eigenvalue weighted by Crippen LogP contribution is -2.15. The molecule has 0 bridgehead atoms. The number of nitrogens with one attached hydrogen (secondary N) is 2. The van der Waals surface area contributed by atoms with E-state index in [-0.39, 0.29) is 37.3 Å². The molecule has 2 aromatic heterocycles. The number of carbonyl (C=O) groups is 1. The van der Waals surface area contributed by atoms with Crippen LogP contribution < -0.4 is 5.32 Å². The summed E-state index contributed by atoms with van der Waals surface area (Å²) in [6.07, 6.45) is 2.84. The Morgan fingerprint density at radius 2 is 1.88 bits per heavy atom. The number of hydrogen-bond acceptors (Lipinski definition) is 7. The molecule has 3 aromatic rings. The maximum Gasteiger partial charge on any atom is 0.471 e. The summed E-state index contributed by atoms with van der Waals surface area (Å²) in [5, 5.41) is 16.9. The van der Waals surface area contributed by atoms with Crippen LogP contribution >= 0.6 is 7.82 Å². The quantitative estimate of drug-likeness (QED) is 0.134.